The Morgan fingerprint density at radius 2 is 1.67 bits per heavy atom. The Balaban J connectivity index is 0.000000970. The van der Waals surface area contributed by atoms with E-state index in [1.165, 1.54) is 12.8 Å². The second kappa shape index (κ2) is 18.3. The number of aromatic nitrogens is 2. The number of aryl methyl sites for hydroxylation is 2. The molecule has 10 nitrogen and oxygen atoms in total. The third kappa shape index (κ3) is 9.74. The lowest BCUT2D eigenvalue weighted by Gasteiger charge is -2.14. The normalized spacial score (nSPS) is 13.5. The minimum absolute atomic E-state index is 0.316. The van der Waals surface area contributed by atoms with Gasteiger partial charge in [0.2, 0.25) is 5.91 Å². The van der Waals surface area contributed by atoms with Crippen LogP contribution in [0, 0.1) is 13.8 Å². The highest BCUT2D eigenvalue weighted by atomic mass is 32.2. The molecule has 4 aromatic rings. The predicted octanol–water partition coefficient (Wildman–Crippen LogP) is 9.34. The highest BCUT2D eigenvalue weighted by Crippen LogP contribution is 2.35. The van der Waals surface area contributed by atoms with Crippen LogP contribution in [-0.4, -0.2) is 40.3 Å². The van der Waals surface area contributed by atoms with Gasteiger partial charge in [0, 0.05) is 28.7 Å². The smallest absolute Gasteiger partial charge is 0.286 e. The Kier molecular flexibility index (Phi) is 14.3. The van der Waals surface area contributed by atoms with Gasteiger partial charge in [-0.1, -0.05) is 64.8 Å². The molecular formula is C37H44N6O4S. The highest BCUT2D eigenvalue weighted by molar-refractivity contribution is 8.15. The second-order valence-electron chi connectivity index (χ2n) is 10.5. The van der Waals surface area contributed by atoms with Gasteiger partial charge in [0.1, 0.15) is 16.7 Å². The van der Waals surface area contributed by atoms with Crippen LogP contribution in [-0.2, 0) is 4.79 Å². The molecule has 0 bridgehead atoms. The maximum Gasteiger partial charge on any atom is 0.286 e. The number of amides is 3. The Bertz CT molecular complexity index is 1760. The van der Waals surface area contributed by atoms with Crippen molar-refractivity contribution in [2.45, 2.75) is 66.6 Å². The molecule has 0 radical (unpaired) electrons. The second-order valence-corrected chi connectivity index (χ2v) is 11.5. The maximum atomic E-state index is 13.1. The van der Waals surface area contributed by atoms with Crippen molar-refractivity contribution in [3.63, 3.8) is 0 Å². The first kappa shape index (κ1) is 37.4. The van der Waals surface area contributed by atoms with Crippen LogP contribution in [0.4, 0.5) is 27.7 Å². The SMILES string of the molecule is CC.CC=Nc1c(C)nc(-c2cccc(C(=O)Nc3ccc(C4SC(=O)NC4=O)cc3)c2)nc1Nc1ccc(OC)c(C)c1.CCCC. The molecule has 11 heteroatoms. The number of anilines is 3. The van der Waals surface area contributed by atoms with Gasteiger partial charge in [0.05, 0.1) is 12.8 Å². The quantitative estimate of drug-likeness (QED) is 0.150. The van der Waals surface area contributed by atoms with Gasteiger partial charge in [-0.05, 0) is 86.1 Å². The van der Waals surface area contributed by atoms with E-state index in [0.717, 1.165) is 28.8 Å². The molecule has 5 rings (SSSR count). The summed E-state index contributed by atoms with van der Waals surface area (Å²) in [7, 11) is 1.63. The number of carbonyl (C=O) groups is 3. The number of nitrogens with zero attached hydrogens (tertiary/aromatic N) is 3. The molecule has 1 aliphatic rings. The third-order valence-corrected chi connectivity index (χ3v) is 8.05. The monoisotopic (exact) mass is 668 g/mol. The highest BCUT2D eigenvalue weighted by Gasteiger charge is 2.32. The fourth-order valence-corrected chi connectivity index (χ4v) is 5.31. The molecule has 3 aromatic carbocycles. The van der Waals surface area contributed by atoms with Crippen molar-refractivity contribution >= 4 is 57.9 Å². The van der Waals surface area contributed by atoms with Crippen molar-refractivity contribution < 1.29 is 19.1 Å². The summed E-state index contributed by atoms with van der Waals surface area (Å²) in [6.07, 6.45) is 4.33. The molecule has 2 heterocycles. The lowest BCUT2D eigenvalue weighted by atomic mass is 10.1. The summed E-state index contributed by atoms with van der Waals surface area (Å²) < 4.78 is 5.37. The van der Waals surface area contributed by atoms with Gasteiger partial charge in [-0.2, -0.15) is 0 Å². The lowest BCUT2D eigenvalue weighted by molar-refractivity contribution is -0.119. The van der Waals surface area contributed by atoms with Gasteiger partial charge < -0.3 is 15.4 Å². The van der Waals surface area contributed by atoms with Gasteiger partial charge in [0.25, 0.3) is 11.1 Å². The molecule has 1 unspecified atom stereocenters. The summed E-state index contributed by atoms with van der Waals surface area (Å²) in [5, 5.41) is 7.55. The van der Waals surface area contributed by atoms with Gasteiger partial charge in [-0.3, -0.25) is 24.7 Å². The molecule has 1 fully saturated rings. The molecule has 3 amide bonds. The van der Waals surface area contributed by atoms with E-state index in [9.17, 15) is 14.4 Å². The molecule has 252 valence electrons. The number of aliphatic imine (C=N–C) groups is 1. The molecule has 3 N–H and O–H groups in total. The molecule has 0 aliphatic carbocycles. The molecule has 48 heavy (non-hydrogen) atoms. The van der Waals surface area contributed by atoms with E-state index in [-0.39, 0.29) is 17.1 Å². The number of benzene rings is 3. The van der Waals surface area contributed by atoms with Crippen molar-refractivity contribution in [1.29, 1.82) is 0 Å². The Morgan fingerprint density at radius 3 is 2.25 bits per heavy atom. The van der Waals surface area contributed by atoms with E-state index in [4.69, 9.17) is 9.72 Å². The number of imide groups is 1. The molecule has 1 atom stereocenters. The molecule has 1 aromatic heterocycles. The number of carbonyl (C=O) groups excluding carboxylic acids is 3. The van der Waals surface area contributed by atoms with E-state index < -0.39 is 5.25 Å². The number of thioether (sulfide) groups is 1. The minimum atomic E-state index is -0.593. The predicted molar refractivity (Wildman–Crippen MR) is 197 cm³/mol. The van der Waals surface area contributed by atoms with Crippen molar-refractivity contribution in [2.75, 3.05) is 17.7 Å². The average molecular weight is 669 g/mol. The summed E-state index contributed by atoms with van der Waals surface area (Å²) >= 11 is 0.935. The Labute approximate surface area is 287 Å². The zero-order chi connectivity index (χ0) is 35.2. The maximum absolute atomic E-state index is 13.1. The summed E-state index contributed by atoms with van der Waals surface area (Å²) in [6.45, 7) is 14.0. The van der Waals surface area contributed by atoms with Crippen LogP contribution < -0.4 is 20.7 Å². The van der Waals surface area contributed by atoms with Crippen molar-refractivity contribution in [1.82, 2.24) is 15.3 Å². The summed E-state index contributed by atoms with van der Waals surface area (Å²) in [5.41, 5.74) is 5.41. The first-order valence-electron chi connectivity index (χ1n) is 16.0. The zero-order valence-corrected chi connectivity index (χ0v) is 29.6. The standard InChI is InChI=1S/C31H28N6O4S.C4H10.C2H6/c1-5-32-25-18(3)33-27(36-28(25)34-23-13-14-24(41-4)17(2)15-23)20-7-6-8-21(16-20)29(38)35-22-11-9-19(10-12-22)26-30(39)37-31(40)42-26;1-3-4-2;1-2/h5-16,26H,1-4H3,(H,35,38)(H,33,34,36)(H,37,39,40);3-4H2,1-2H3;1-2H3. The number of hydrogen-bond donors (Lipinski definition) is 3. The third-order valence-electron chi connectivity index (χ3n) is 7.02. The topological polar surface area (TPSA) is 135 Å². The lowest BCUT2D eigenvalue weighted by Crippen LogP contribution is -2.20. The number of unbranched alkanes of at least 4 members (excludes halogenated alkanes) is 1. The summed E-state index contributed by atoms with van der Waals surface area (Å²) in [4.78, 5) is 50.5. The number of hydrogen-bond acceptors (Lipinski definition) is 9. The Morgan fingerprint density at radius 1 is 0.979 bits per heavy atom. The molecule has 1 saturated heterocycles. The number of methoxy groups -OCH3 is 1. The van der Waals surface area contributed by atoms with Crippen LogP contribution in [0.2, 0.25) is 0 Å². The van der Waals surface area contributed by atoms with Crippen LogP contribution >= 0.6 is 11.8 Å². The van der Waals surface area contributed by atoms with Gasteiger partial charge >= 0.3 is 0 Å². The Hall–Kier alpha value is -5.03. The summed E-state index contributed by atoms with van der Waals surface area (Å²) in [5.74, 6) is 1.10. The number of ether oxygens (including phenoxy) is 1. The van der Waals surface area contributed by atoms with Crippen molar-refractivity contribution in [3.8, 4) is 17.1 Å². The van der Waals surface area contributed by atoms with Gasteiger partial charge in [-0.25, -0.2) is 9.97 Å². The van der Waals surface area contributed by atoms with Crippen molar-refractivity contribution in [2.24, 2.45) is 4.99 Å². The first-order valence-corrected chi connectivity index (χ1v) is 16.9. The fourth-order valence-electron chi connectivity index (χ4n) is 4.48. The van der Waals surface area contributed by atoms with Gasteiger partial charge in [0.15, 0.2) is 11.6 Å². The van der Waals surface area contributed by atoms with Gasteiger partial charge in [-0.15, -0.1) is 0 Å². The molecule has 0 saturated carbocycles. The number of nitrogens with one attached hydrogen (secondary N) is 3. The molecule has 0 spiro atoms. The summed E-state index contributed by atoms with van der Waals surface area (Å²) in [6, 6.07) is 19.7. The average Bonchev–Trinajstić information content (AvgIpc) is 3.44. The van der Waals surface area contributed by atoms with E-state index in [1.54, 1.807) is 55.8 Å². The minimum Gasteiger partial charge on any atom is -0.496 e. The van der Waals surface area contributed by atoms with Crippen LogP contribution in [0.5, 0.6) is 5.75 Å². The fraction of sp³-hybridized carbons (Fsp3) is 0.297. The van der Waals surface area contributed by atoms with Crippen LogP contribution in [0.25, 0.3) is 11.4 Å². The van der Waals surface area contributed by atoms with E-state index in [0.29, 0.717) is 45.4 Å². The van der Waals surface area contributed by atoms with E-state index >= 15 is 0 Å². The van der Waals surface area contributed by atoms with Crippen LogP contribution in [0.15, 0.2) is 71.7 Å². The largest absolute Gasteiger partial charge is 0.496 e. The van der Waals surface area contributed by atoms with E-state index in [1.807, 2.05) is 58.9 Å². The zero-order valence-electron chi connectivity index (χ0n) is 28.8. The molecule has 1 aliphatic heterocycles. The number of rotatable bonds is 9. The first-order chi connectivity index (χ1) is 23.2. The van der Waals surface area contributed by atoms with Crippen molar-refractivity contribution in [3.05, 3.63) is 89.1 Å². The van der Waals surface area contributed by atoms with E-state index in [2.05, 4.69) is 39.8 Å². The molecular weight excluding hydrogens is 625 g/mol. The van der Waals surface area contributed by atoms with Crippen LogP contribution in [0.1, 0.15) is 79.9 Å². The van der Waals surface area contributed by atoms with Crippen LogP contribution in [0.3, 0.4) is 0 Å².